The second kappa shape index (κ2) is 12.4. The summed E-state index contributed by atoms with van der Waals surface area (Å²) < 4.78 is 7.00. The van der Waals surface area contributed by atoms with Crippen molar-refractivity contribution in [2.45, 2.75) is 0 Å². The molecule has 0 N–H and O–H groups in total. The molecule has 8 aromatic carbocycles. The Balaban J connectivity index is 1.22. The van der Waals surface area contributed by atoms with Crippen LogP contribution in [0.2, 0.25) is 0 Å². The molecule has 266 valence electrons. The SMILES string of the molecule is c1ccc(-c2ccc(-c3nc(-n4c5c(ccc6c5ccn6-c5ccccc5)c5ccc6c(c7ccccc7n6-c6ccccc6)c54)nc4ccccc34)cc2)cc1. The first-order valence-corrected chi connectivity index (χ1v) is 19.3. The molecule has 0 fully saturated rings. The fraction of sp³-hybridized carbons (Fsp3) is 0. The number of hydrogen-bond acceptors (Lipinski definition) is 2. The lowest BCUT2D eigenvalue weighted by Crippen LogP contribution is -2.04. The van der Waals surface area contributed by atoms with Gasteiger partial charge in [-0.05, 0) is 65.7 Å². The van der Waals surface area contributed by atoms with Crippen LogP contribution >= 0.6 is 0 Å². The molecule has 0 spiro atoms. The molecule has 0 atom stereocenters. The first-order valence-electron chi connectivity index (χ1n) is 19.3. The average Bonchev–Trinajstić information content (AvgIpc) is 3.97. The van der Waals surface area contributed by atoms with E-state index >= 15 is 0 Å². The third-order valence-corrected chi connectivity index (χ3v) is 11.5. The fourth-order valence-corrected chi connectivity index (χ4v) is 8.97. The predicted octanol–water partition coefficient (Wildman–Crippen LogP) is 13.1. The maximum atomic E-state index is 5.58. The maximum Gasteiger partial charge on any atom is 0.235 e. The number of nitrogens with zero attached hydrogens (tertiary/aromatic N) is 5. The summed E-state index contributed by atoms with van der Waals surface area (Å²) in [5.74, 6) is 0.639. The molecule has 0 amide bonds. The van der Waals surface area contributed by atoms with E-state index in [1.807, 2.05) is 0 Å². The molecule has 0 saturated carbocycles. The molecule has 0 aliphatic rings. The molecule has 0 unspecified atom stereocenters. The van der Waals surface area contributed by atoms with E-state index in [-0.39, 0.29) is 0 Å². The van der Waals surface area contributed by atoms with Crippen LogP contribution in [0.4, 0.5) is 0 Å². The van der Waals surface area contributed by atoms with E-state index in [1.165, 1.54) is 21.9 Å². The Morgan fingerprint density at radius 3 is 1.70 bits per heavy atom. The van der Waals surface area contributed by atoms with E-state index in [0.717, 1.165) is 77.3 Å². The molecular weight excluding hydrogens is 695 g/mol. The first kappa shape index (κ1) is 31.6. The Bertz CT molecular complexity index is 3490. The summed E-state index contributed by atoms with van der Waals surface area (Å²) in [6.45, 7) is 0. The number of rotatable bonds is 5. The minimum absolute atomic E-state index is 0.639. The van der Waals surface area contributed by atoms with Gasteiger partial charge in [0.25, 0.3) is 0 Å². The number of para-hydroxylation sites is 4. The van der Waals surface area contributed by atoms with Gasteiger partial charge in [0.15, 0.2) is 0 Å². The van der Waals surface area contributed by atoms with E-state index in [4.69, 9.17) is 9.97 Å². The Morgan fingerprint density at radius 2 is 0.930 bits per heavy atom. The number of hydrogen-bond donors (Lipinski definition) is 0. The van der Waals surface area contributed by atoms with Crippen molar-refractivity contribution in [1.29, 1.82) is 0 Å². The number of benzene rings is 8. The molecule has 0 saturated heterocycles. The third kappa shape index (κ3) is 4.76. The molecule has 57 heavy (non-hydrogen) atoms. The van der Waals surface area contributed by atoms with E-state index in [0.29, 0.717) is 5.95 Å². The van der Waals surface area contributed by atoms with Crippen LogP contribution in [0.15, 0.2) is 200 Å². The minimum Gasteiger partial charge on any atom is -0.316 e. The van der Waals surface area contributed by atoms with E-state index in [9.17, 15) is 0 Å². The predicted molar refractivity (Wildman–Crippen MR) is 236 cm³/mol. The topological polar surface area (TPSA) is 40.6 Å². The number of fused-ring (bicyclic) bond motifs is 10. The summed E-state index contributed by atoms with van der Waals surface area (Å²) in [6.07, 6.45) is 2.18. The lowest BCUT2D eigenvalue weighted by molar-refractivity contribution is 1.02. The van der Waals surface area contributed by atoms with Crippen LogP contribution in [0.1, 0.15) is 0 Å². The highest BCUT2D eigenvalue weighted by Crippen LogP contribution is 2.44. The zero-order valence-electron chi connectivity index (χ0n) is 30.8. The van der Waals surface area contributed by atoms with Crippen molar-refractivity contribution in [3.8, 4) is 39.7 Å². The smallest absolute Gasteiger partial charge is 0.235 e. The van der Waals surface area contributed by atoms with E-state index in [1.54, 1.807) is 0 Å². The van der Waals surface area contributed by atoms with Gasteiger partial charge in [0.1, 0.15) is 0 Å². The summed E-state index contributed by atoms with van der Waals surface area (Å²) in [5, 5.41) is 6.82. The molecule has 12 rings (SSSR count). The fourth-order valence-electron chi connectivity index (χ4n) is 8.97. The molecular formula is C52H33N5. The van der Waals surface area contributed by atoms with Gasteiger partial charge in [-0.3, -0.25) is 4.57 Å². The summed E-state index contributed by atoms with van der Waals surface area (Å²) >= 11 is 0. The lowest BCUT2D eigenvalue weighted by atomic mass is 10.0. The van der Waals surface area contributed by atoms with Gasteiger partial charge in [-0.1, -0.05) is 140 Å². The van der Waals surface area contributed by atoms with Gasteiger partial charge in [0, 0.05) is 55.5 Å². The van der Waals surface area contributed by atoms with Crippen molar-refractivity contribution < 1.29 is 0 Å². The van der Waals surface area contributed by atoms with Crippen molar-refractivity contribution >= 4 is 65.4 Å². The highest BCUT2D eigenvalue weighted by molar-refractivity contribution is 6.28. The maximum absolute atomic E-state index is 5.58. The molecule has 4 heterocycles. The second-order valence-corrected chi connectivity index (χ2v) is 14.6. The van der Waals surface area contributed by atoms with Gasteiger partial charge >= 0.3 is 0 Å². The third-order valence-electron chi connectivity index (χ3n) is 11.5. The van der Waals surface area contributed by atoms with Gasteiger partial charge < -0.3 is 9.13 Å². The molecule has 5 heteroatoms. The highest BCUT2D eigenvalue weighted by Gasteiger charge is 2.25. The summed E-state index contributed by atoms with van der Waals surface area (Å²) in [4.78, 5) is 11.0. The quantitative estimate of drug-likeness (QED) is 0.177. The molecule has 0 aliphatic carbocycles. The normalized spacial score (nSPS) is 11.9. The summed E-state index contributed by atoms with van der Waals surface area (Å²) in [7, 11) is 0. The van der Waals surface area contributed by atoms with Gasteiger partial charge in [0.2, 0.25) is 5.95 Å². The summed E-state index contributed by atoms with van der Waals surface area (Å²) in [5.41, 5.74) is 13.0. The minimum atomic E-state index is 0.639. The van der Waals surface area contributed by atoms with Crippen LogP contribution in [-0.4, -0.2) is 23.7 Å². The molecule has 0 bridgehead atoms. The molecule has 4 aromatic heterocycles. The van der Waals surface area contributed by atoms with Crippen molar-refractivity contribution in [3.63, 3.8) is 0 Å². The van der Waals surface area contributed by atoms with Crippen LogP contribution in [0.3, 0.4) is 0 Å². The van der Waals surface area contributed by atoms with Crippen LogP contribution in [0.5, 0.6) is 0 Å². The van der Waals surface area contributed by atoms with Crippen molar-refractivity contribution in [3.05, 3.63) is 200 Å². The van der Waals surface area contributed by atoms with Gasteiger partial charge in [-0.2, -0.15) is 0 Å². The monoisotopic (exact) mass is 727 g/mol. The highest BCUT2D eigenvalue weighted by atomic mass is 15.2. The molecule has 12 aromatic rings. The Morgan fingerprint density at radius 1 is 0.333 bits per heavy atom. The zero-order valence-corrected chi connectivity index (χ0v) is 30.8. The first-order chi connectivity index (χ1) is 28.3. The van der Waals surface area contributed by atoms with Gasteiger partial charge in [-0.25, -0.2) is 9.97 Å². The standard InChI is InChI=1S/C52H33N5/c1-4-14-34(15-5-1)35-24-26-36(27-25-35)49-41-20-10-12-22-44(41)53-52(54-49)57-50-39(28-30-45-43(50)32-33-55(45)37-16-6-2-7-17-37)40-29-31-47-48(51(40)57)42-21-11-13-23-46(42)56(47)38-18-8-3-9-19-38/h1-33H. The van der Waals surface area contributed by atoms with Crippen LogP contribution < -0.4 is 0 Å². The van der Waals surface area contributed by atoms with Crippen LogP contribution in [0.25, 0.3) is 105 Å². The Hall–Kier alpha value is -7.76. The molecule has 5 nitrogen and oxygen atoms in total. The second-order valence-electron chi connectivity index (χ2n) is 14.6. The van der Waals surface area contributed by atoms with Crippen molar-refractivity contribution in [1.82, 2.24) is 23.7 Å². The average molecular weight is 728 g/mol. The van der Waals surface area contributed by atoms with Crippen molar-refractivity contribution in [2.75, 3.05) is 0 Å². The number of aromatic nitrogens is 5. The zero-order chi connectivity index (χ0) is 37.5. The largest absolute Gasteiger partial charge is 0.316 e. The van der Waals surface area contributed by atoms with Gasteiger partial charge in [-0.15, -0.1) is 0 Å². The lowest BCUT2D eigenvalue weighted by Gasteiger charge is -2.13. The van der Waals surface area contributed by atoms with Crippen LogP contribution in [-0.2, 0) is 0 Å². The Labute approximate surface area is 328 Å². The van der Waals surface area contributed by atoms with E-state index in [2.05, 4.69) is 214 Å². The van der Waals surface area contributed by atoms with Crippen LogP contribution in [0, 0.1) is 0 Å². The van der Waals surface area contributed by atoms with E-state index < -0.39 is 0 Å². The summed E-state index contributed by atoms with van der Waals surface area (Å²) in [6, 6.07) is 69.0. The van der Waals surface area contributed by atoms with Crippen molar-refractivity contribution in [2.24, 2.45) is 0 Å². The Kier molecular flexibility index (Phi) is 6.86. The van der Waals surface area contributed by atoms with Gasteiger partial charge in [0.05, 0.1) is 38.8 Å². The molecule has 0 aliphatic heterocycles. The molecule has 0 radical (unpaired) electrons.